The van der Waals surface area contributed by atoms with Gasteiger partial charge in [-0.1, -0.05) is 30.3 Å². The number of benzene rings is 1. The Kier molecular flexibility index (Phi) is 5.78. The van der Waals surface area contributed by atoms with E-state index in [9.17, 15) is 9.90 Å². The van der Waals surface area contributed by atoms with E-state index in [1.165, 1.54) is 5.56 Å². The summed E-state index contributed by atoms with van der Waals surface area (Å²) >= 11 is 0. The molecule has 0 aliphatic heterocycles. The van der Waals surface area contributed by atoms with E-state index in [0.29, 0.717) is 24.3 Å². The van der Waals surface area contributed by atoms with Crippen molar-refractivity contribution in [3.05, 3.63) is 59.0 Å². The monoisotopic (exact) mass is 301 g/mol. The van der Waals surface area contributed by atoms with Crippen molar-refractivity contribution in [3.63, 3.8) is 0 Å². The second kappa shape index (κ2) is 7.80. The van der Waals surface area contributed by atoms with Crippen molar-refractivity contribution in [1.82, 2.24) is 5.32 Å². The average molecular weight is 301 g/mol. The Morgan fingerprint density at radius 1 is 1.23 bits per heavy atom. The molecule has 0 aliphatic carbocycles. The summed E-state index contributed by atoms with van der Waals surface area (Å²) in [4.78, 5) is 12.1. The minimum atomic E-state index is -0.106. The van der Waals surface area contributed by atoms with Gasteiger partial charge in [-0.25, -0.2) is 0 Å². The highest BCUT2D eigenvalue weighted by Gasteiger charge is 2.15. The normalized spacial score (nSPS) is 12.1. The maximum absolute atomic E-state index is 12.1. The number of aryl methyl sites for hydroxylation is 2. The zero-order chi connectivity index (χ0) is 15.9. The number of aliphatic hydroxyl groups is 1. The minimum Gasteiger partial charge on any atom is -0.466 e. The van der Waals surface area contributed by atoms with E-state index < -0.39 is 0 Å². The molecule has 4 heteroatoms. The predicted molar refractivity (Wildman–Crippen MR) is 86.0 cm³/mol. The lowest BCUT2D eigenvalue weighted by atomic mass is 9.93. The van der Waals surface area contributed by atoms with Gasteiger partial charge < -0.3 is 14.8 Å². The molecule has 0 spiro atoms. The molecule has 1 aromatic carbocycles. The van der Waals surface area contributed by atoms with Gasteiger partial charge in [-0.05, 0) is 44.2 Å². The SMILES string of the molecule is Cc1cc(C(=O)NCCC(CCO)c2ccccc2)c(C)o1. The first-order chi connectivity index (χ1) is 10.6. The number of furan rings is 1. The van der Waals surface area contributed by atoms with Crippen LogP contribution in [-0.2, 0) is 0 Å². The fourth-order valence-electron chi connectivity index (χ4n) is 2.67. The molecule has 118 valence electrons. The molecule has 0 saturated heterocycles. The van der Waals surface area contributed by atoms with E-state index in [-0.39, 0.29) is 18.4 Å². The van der Waals surface area contributed by atoms with Crippen LogP contribution in [-0.4, -0.2) is 24.2 Å². The van der Waals surface area contributed by atoms with Crippen LogP contribution in [0.3, 0.4) is 0 Å². The Bertz CT molecular complexity index is 604. The van der Waals surface area contributed by atoms with Gasteiger partial charge in [-0.15, -0.1) is 0 Å². The van der Waals surface area contributed by atoms with Crippen LogP contribution in [0, 0.1) is 13.8 Å². The van der Waals surface area contributed by atoms with E-state index in [4.69, 9.17) is 4.42 Å². The predicted octanol–water partition coefficient (Wildman–Crippen LogP) is 3.18. The summed E-state index contributed by atoms with van der Waals surface area (Å²) in [6.45, 7) is 4.34. The molecule has 2 N–H and O–H groups in total. The highest BCUT2D eigenvalue weighted by Crippen LogP contribution is 2.22. The highest BCUT2D eigenvalue weighted by atomic mass is 16.3. The van der Waals surface area contributed by atoms with Crippen LogP contribution >= 0.6 is 0 Å². The first kappa shape index (κ1) is 16.3. The molecule has 1 heterocycles. The van der Waals surface area contributed by atoms with Crippen LogP contribution in [0.25, 0.3) is 0 Å². The molecule has 1 atom stereocenters. The number of aliphatic hydroxyl groups excluding tert-OH is 1. The molecular weight excluding hydrogens is 278 g/mol. The molecule has 0 aliphatic rings. The molecule has 1 unspecified atom stereocenters. The van der Waals surface area contributed by atoms with Crippen molar-refractivity contribution >= 4 is 5.91 Å². The summed E-state index contributed by atoms with van der Waals surface area (Å²) in [6, 6.07) is 11.8. The van der Waals surface area contributed by atoms with Crippen molar-refractivity contribution in [3.8, 4) is 0 Å². The molecule has 2 aromatic rings. The average Bonchev–Trinajstić information content (AvgIpc) is 2.86. The standard InChI is InChI=1S/C18H23NO3/c1-13-12-17(14(2)22-13)18(21)19-10-8-16(9-11-20)15-6-4-3-5-7-15/h3-7,12,16,20H,8-11H2,1-2H3,(H,19,21). The zero-order valence-corrected chi connectivity index (χ0v) is 13.1. The number of hydrogen-bond acceptors (Lipinski definition) is 3. The fourth-order valence-corrected chi connectivity index (χ4v) is 2.67. The van der Waals surface area contributed by atoms with Crippen molar-refractivity contribution in [2.24, 2.45) is 0 Å². The number of amides is 1. The van der Waals surface area contributed by atoms with Crippen LogP contribution < -0.4 is 5.32 Å². The summed E-state index contributed by atoms with van der Waals surface area (Å²) in [7, 11) is 0. The molecule has 0 fully saturated rings. The van der Waals surface area contributed by atoms with Crippen LogP contribution in [0.5, 0.6) is 0 Å². The smallest absolute Gasteiger partial charge is 0.254 e. The maximum atomic E-state index is 12.1. The third-order valence-corrected chi connectivity index (χ3v) is 3.81. The quantitative estimate of drug-likeness (QED) is 0.825. The Morgan fingerprint density at radius 3 is 2.55 bits per heavy atom. The molecular formula is C18H23NO3. The summed E-state index contributed by atoms with van der Waals surface area (Å²) in [5.74, 6) is 1.53. The first-order valence-electron chi connectivity index (χ1n) is 7.63. The zero-order valence-electron chi connectivity index (χ0n) is 13.1. The topological polar surface area (TPSA) is 62.5 Å². The van der Waals surface area contributed by atoms with Gasteiger partial charge in [-0.2, -0.15) is 0 Å². The first-order valence-corrected chi connectivity index (χ1v) is 7.63. The van der Waals surface area contributed by atoms with E-state index in [2.05, 4.69) is 17.4 Å². The number of carbonyl (C=O) groups excluding carboxylic acids is 1. The van der Waals surface area contributed by atoms with Crippen molar-refractivity contribution < 1.29 is 14.3 Å². The number of rotatable bonds is 7. The molecule has 0 saturated carbocycles. The van der Waals surface area contributed by atoms with E-state index >= 15 is 0 Å². The van der Waals surface area contributed by atoms with E-state index in [1.54, 1.807) is 13.0 Å². The molecule has 22 heavy (non-hydrogen) atoms. The third-order valence-electron chi connectivity index (χ3n) is 3.81. The Labute approximate surface area is 131 Å². The largest absolute Gasteiger partial charge is 0.466 e. The lowest BCUT2D eigenvalue weighted by molar-refractivity contribution is 0.0950. The van der Waals surface area contributed by atoms with Gasteiger partial charge in [0, 0.05) is 13.2 Å². The van der Waals surface area contributed by atoms with Crippen molar-refractivity contribution in [2.75, 3.05) is 13.2 Å². The van der Waals surface area contributed by atoms with E-state index in [0.717, 1.165) is 12.2 Å². The third kappa shape index (κ3) is 4.21. The molecule has 2 rings (SSSR count). The lowest BCUT2D eigenvalue weighted by Crippen LogP contribution is -2.26. The van der Waals surface area contributed by atoms with Gasteiger partial charge in [0.25, 0.3) is 5.91 Å². The maximum Gasteiger partial charge on any atom is 0.254 e. The summed E-state index contributed by atoms with van der Waals surface area (Å²) in [6.07, 6.45) is 1.50. The Balaban J connectivity index is 1.90. The fraction of sp³-hybridized carbons (Fsp3) is 0.389. The highest BCUT2D eigenvalue weighted by molar-refractivity contribution is 5.95. The van der Waals surface area contributed by atoms with Gasteiger partial charge in [0.2, 0.25) is 0 Å². The van der Waals surface area contributed by atoms with Crippen molar-refractivity contribution in [2.45, 2.75) is 32.6 Å². The summed E-state index contributed by atoms with van der Waals surface area (Å²) < 4.78 is 5.38. The van der Waals surface area contributed by atoms with Gasteiger partial charge >= 0.3 is 0 Å². The van der Waals surface area contributed by atoms with Gasteiger partial charge in [0.15, 0.2) is 0 Å². The summed E-state index contributed by atoms with van der Waals surface area (Å²) in [5.41, 5.74) is 1.79. The molecule has 1 amide bonds. The lowest BCUT2D eigenvalue weighted by Gasteiger charge is -2.16. The number of carbonyl (C=O) groups is 1. The van der Waals surface area contributed by atoms with Gasteiger partial charge in [0.05, 0.1) is 5.56 Å². The van der Waals surface area contributed by atoms with Gasteiger partial charge in [-0.3, -0.25) is 4.79 Å². The number of hydrogen-bond donors (Lipinski definition) is 2. The van der Waals surface area contributed by atoms with E-state index in [1.807, 2.05) is 25.1 Å². The molecule has 4 nitrogen and oxygen atoms in total. The minimum absolute atomic E-state index is 0.106. The second-order valence-corrected chi connectivity index (χ2v) is 5.49. The second-order valence-electron chi connectivity index (χ2n) is 5.49. The molecule has 0 radical (unpaired) electrons. The van der Waals surface area contributed by atoms with Crippen LogP contribution in [0.2, 0.25) is 0 Å². The van der Waals surface area contributed by atoms with Crippen molar-refractivity contribution in [1.29, 1.82) is 0 Å². The Hall–Kier alpha value is -2.07. The Morgan fingerprint density at radius 2 is 1.95 bits per heavy atom. The van der Waals surface area contributed by atoms with Crippen LogP contribution in [0.1, 0.15) is 46.2 Å². The summed E-state index contributed by atoms with van der Waals surface area (Å²) in [5, 5.41) is 12.2. The van der Waals surface area contributed by atoms with Crippen LogP contribution in [0.4, 0.5) is 0 Å². The molecule has 0 bridgehead atoms. The van der Waals surface area contributed by atoms with Gasteiger partial charge in [0.1, 0.15) is 11.5 Å². The number of nitrogens with one attached hydrogen (secondary N) is 1. The van der Waals surface area contributed by atoms with Crippen LogP contribution in [0.15, 0.2) is 40.8 Å². The molecule has 1 aromatic heterocycles.